The summed E-state index contributed by atoms with van der Waals surface area (Å²) in [7, 11) is 0. The number of esters is 1. The predicted molar refractivity (Wildman–Crippen MR) is 177 cm³/mol. The van der Waals surface area contributed by atoms with Crippen LogP contribution in [0.2, 0.25) is 0 Å². The molecule has 2 heterocycles. The normalized spacial score (nSPS) is 13.8. The molecule has 0 bridgehead atoms. The molecular formula is C36H37F2N6O3S+. The summed E-state index contributed by atoms with van der Waals surface area (Å²) < 4.78 is 38.3. The van der Waals surface area contributed by atoms with E-state index in [4.69, 9.17) is 15.0 Å². The number of carbonyl (C=O) groups excluding carboxylic acids is 1. The highest BCUT2D eigenvalue weighted by Crippen LogP contribution is 2.41. The summed E-state index contributed by atoms with van der Waals surface area (Å²) in [6.07, 6.45) is 3.31. The summed E-state index contributed by atoms with van der Waals surface area (Å²) in [5.74, 6) is -2.17. The van der Waals surface area contributed by atoms with Gasteiger partial charge < -0.3 is 15.2 Å². The van der Waals surface area contributed by atoms with Gasteiger partial charge in [-0.3, -0.25) is 0 Å². The van der Waals surface area contributed by atoms with E-state index in [9.17, 15) is 14.3 Å². The molecule has 0 saturated heterocycles. The molecule has 12 heteroatoms. The van der Waals surface area contributed by atoms with E-state index in [2.05, 4.69) is 16.5 Å². The van der Waals surface area contributed by atoms with E-state index < -0.39 is 29.2 Å². The lowest BCUT2D eigenvalue weighted by Gasteiger charge is -2.32. The van der Waals surface area contributed by atoms with Crippen LogP contribution in [0.15, 0.2) is 72.6 Å². The highest BCUT2D eigenvalue weighted by molar-refractivity contribution is 7.10. The zero-order valence-corrected chi connectivity index (χ0v) is 28.2. The first-order chi connectivity index (χ1) is 22.9. The fourth-order valence-electron chi connectivity index (χ4n) is 5.69. The quantitative estimate of drug-likeness (QED) is 0.0993. The number of halogens is 2. The Kier molecular flexibility index (Phi) is 10.4. The number of rotatable bonds is 12. The number of ether oxygens (including phenoxy) is 1. The fraction of sp³-hybridized carbons (Fsp3) is 0.306. The Balaban J connectivity index is 1.40. The van der Waals surface area contributed by atoms with Gasteiger partial charge in [-0.2, -0.15) is 5.26 Å². The number of aliphatic hydroxyl groups is 1. The molecule has 5 rings (SSSR count). The molecule has 0 amide bonds. The number of hydrogen-bond donors (Lipinski definition) is 2. The van der Waals surface area contributed by atoms with E-state index in [-0.39, 0.29) is 18.1 Å². The van der Waals surface area contributed by atoms with Gasteiger partial charge in [-0.1, -0.05) is 32.0 Å². The number of aromatic nitrogens is 4. The number of carbonyl (C=O) groups is 1. The van der Waals surface area contributed by atoms with E-state index in [1.807, 2.05) is 42.9 Å². The highest BCUT2D eigenvalue weighted by Gasteiger charge is 2.43. The van der Waals surface area contributed by atoms with Gasteiger partial charge in [-0.05, 0) is 74.3 Å². The van der Waals surface area contributed by atoms with Crippen LogP contribution in [0.25, 0.3) is 11.3 Å². The maximum atomic E-state index is 15.3. The van der Waals surface area contributed by atoms with Crippen LogP contribution in [0.4, 0.5) is 8.78 Å². The average Bonchev–Trinajstić information content (AvgIpc) is 3.72. The minimum atomic E-state index is -1.86. The van der Waals surface area contributed by atoms with Crippen LogP contribution in [-0.2, 0) is 23.5 Å². The minimum absolute atomic E-state index is 0.0755. The average molecular weight is 672 g/mol. The monoisotopic (exact) mass is 671 g/mol. The maximum absolute atomic E-state index is 15.3. The van der Waals surface area contributed by atoms with Crippen LogP contribution in [-0.4, -0.2) is 38.4 Å². The van der Waals surface area contributed by atoms with Crippen LogP contribution in [0.3, 0.4) is 0 Å². The molecule has 3 atom stereocenters. The first-order valence-electron chi connectivity index (χ1n) is 15.5. The van der Waals surface area contributed by atoms with Crippen molar-refractivity contribution in [1.29, 1.82) is 5.26 Å². The highest BCUT2D eigenvalue weighted by atomic mass is 32.1. The van der Waals surface area contributed by atoms with Crippen molar-refractivity contribution >= 4 is 17.3 Å². The van der Waals surface area contributed by atoms with E-state index in [1.54, 1.807) is 50.8 Å². The number of nitrogens with one attached hydrogen (secondary N) is 1. The van der Waals surface area contributed by atoms with Crippen molar-refractivity contribution in [3.63, 3.8) is 0 Å². The summed E-state index contributed by atoms with van der Waals surface area (Å²) >= 11 is 1.32. The Labute approximate surface area is 282 Å². The van der Waals surface area contributed by atoms with Gasteiger partial charge in [0, 0.05) is 33.6 Å². The van der Waals surface area contributed by atoms with Gasteiger partial charge in [0.05, 0.1) is 28.9 Å². The van der Waals surface area contributed by atoms with Gasteiger partial charge in [0.1, 0.15) is 35.6 Å². The number of nitrogens with zero attached hydrogens (tertiary/aromatic N) is 5. The SMILES string of the molecule is CCN[C@@H](C)C(=O)Oc1c(C)cc(C[n+]2cnn(C[C@](O)(c3ccc(F)cc3F)[C@@H](C)c3nc(-c4ccc(C#N)cc4)cs3)c2)cc1C. The van der Waals surface area contributed by atoms with Crippen LogP contribution in [0.1, 0.15) is 59.5 Å². The molecule has 2 aromatic heterocycles. The molecule has 3 aromatic carbocycles. The van der Waals surface area contributed by atoms with Gasteiger partial charge in [0.2, 0.25) is 6.33 Å². The Morgan fingerprint density at radius 1 is 1.15 bits per heavy atom. The second-order valence-corrected chi connectivity index (χ2v) is 12.8. The van der Waals surface area contributed by atoms with Crippen molar-refractivity contribution in [1.82, 2.24) is 20.1 Å². The van der Waals surface area contributed by atoms with Crippen LogP contribution >= 0.6 is 11.3 Å². The van der Waals surface area contributed by atoms with Crippen molar-refractivity contribution in [2.75, 3.05) is 6.54 Å². The molecule has 0 saturated carbocycles. The fourth-order valence-corrected chi connectivity index (χ4v) is 6.66. The number of thiazole rings is 1. The molecule has 0 aliphatic carbocycles. The van der Waals surface area contributed by atoms with Gasteiger partial charge in [-0.25, -0.2) is 23.1 Å². The van der Waals surface area contributed by atoms with Gasteiger partial charge in [-0.15, -0.1) is 16.0 Å². The summed E-state index contributed by atoms with van der Waals surface area (Å²) in [6, 6.07) is 15.7. The Bertz CT molecular complexity index is 1950. The van der Waals surface area contributed by atoms with Gasteiger partial charge >= 0.3 is 5.97 Å². The van der Waals surface area contributed by atoms with Gasteiger partial charge in [0.15, 0.2) is 0 Å². The molecule has 0 fully saturated rings. The summed E-state index contributed by atoms with van der Waals surface area (Å²) in [6.45, 7) is 10.1. The third kappa shape index (κ3) is 7.49. The largest absolute Gasteiger partial charge is 0.425 e. The zero-order valence-electron chi connectivity index (χ0n) is 27.4. The molecule has 0 radical (unpaired) electrons. The first kappa shape index (κ1) is 34.5. The number of nitriles is 1. The predicted octanol–water partition coefficient (Wildman–Crippen LogP) is 5.70. The van der Waals surface area contributed by atoms with Crippen molar-refractivity contribution in [3.8, 4) is 23.1 Å². The van der Waals surface area contributed by atoms with E-state index in [0.29, 0.717) is 35.1 Å². The van der Waals surface area contributed by atoms with Crippen molar-refractivity contribution in [3.05, 3.63) is 117 Å². The van der Waals surface area contributed by atoms with Crippen LogP contribution < -0.4 is 14.6 Å². The Morgan fingerprint density at radius 2 is 1.85 bits per heavy atom. The summed E-state index contributed by atoms with van der Waals surface area (Å²) in [5, 5.41) is 31.3. The van der Waals surface area contributed by atoms with E-state index in [0.717, 1.165) is 34.4 Å². The molecule has 0 unspecified atom stereocenters. The topological polar surface area (TPSA) is 117 Å². The molecule has 5 aromatic rings. The van der Waals surface area contributed by atoms with Crippen molar-refractivity contribution < 1.29 is 28.0 Å². The number of likely N-dealkylation sites (N-methyl/N-ethyl adjacent to an activating group) is 1. The molecule has 0 aliphatic heterocycles. The summed E-state index contributed by atoms with van der Waals surface area (Å²) in [4.78, 5) is 17.2. The number of benzene rings is 3. The van der Waals surface area contributed by atoms with E-state index >= 15 is 4.39 Å². The maximum Gasteiger partial charge on any atom is 0.328 e. The molecule has 2 N–H and O–H groups in total. The lowest BCUT2D eigenvalue weighted by atomic mass is 9.82. The molecular weight excluding hydrogens is 634 g/mol. The van der Waals surface area contributed by atoms with Crippen LogP contribution in [0.5, 0.6) is 5.75 Å². The van der Waals surface area contributed by atoms with Crippen LogP contribution in [0, 0.1) is 36.8 Å². The Hall–Kier alpha value is -4.83. The molecule has 0 spiro atoms. The summed E-state index contributed by atoms with van der Waals surface area (Å²) in [5.41, 5.74) is 2.62. The number of aryl methyl sites for hydroxylation is 2. The lowest BCUT2D eigenvalue weighted by Crippen LogP contribution is -2.39. The molecule has 248 valence electrons. The lowest BCUT2D eigenvalue weighted by molar-refractivity contribution is -0.689. The Morgan fingerprint density at radius 3 is 2.50 bits per heavy atom. The molecule has 9 nitrogen and oxygen atoms in total. The van der Waals surface area contributed by atoms with Crippen molar-refractivity contribution in [2.24, 2.45) is 0 Å². The smallest absolute Gasteiger partial charge is 0.328 e. The standard InChI is InChI=1S/C36H37F2N6O3S/c1-6-40-25(5)35(45)47-33-22(2)13-27(14-23(33)3)17-43-20-41-44(21-43)19-36(46,30-12-11-29(37)15-31(30)38)24(4)34-42-32(18-48-34)28-9-7-26(16-39)8-10-28/h7-15,18,20-21,24-25,40,46H,6,17,19H2,1-5H3/q+1/t24-,25-,36+/m0/s1. The third-order valence-electron chi connectivity index (χ3n) is 8.30. The van der Waals surface area contributed by atoms with E-state index in [1.165, 1.54) is 22.1 Å². The second-order valence-electron chi connectivity index (χ2n) is 11.9. The third-order valence-corrected chi connectivity index (χ3v) is 9.33. The van der Waals surface area contributed by atoms with Crippen molar-refractivity contribution in [2.45, 2.75) is 65.3 Å². The zero-order chi connectivity index (χ0) is 34.6. The number of hydrogen-bond acceptors (Lipinski definition) is 8. The minimum Gasteiger partial charge on any atom is -0.425 e. The van der Waals surface area contributed by atoms with Gasteiger partial charge in [0.25, 0.3) is 6.33 Å². The second kappa shape index (κ2) is 14.5. The first-order valence-corrected chi connectivity index (χ1v) is 16.4. The molecule has 48 heavy (non-hydrogen) atoms. The molecule has 0 aliphatic rings.